The third-order valence-corrected chi connectivity index (χ3v) is 3.71. The van der Waals surface area contributed by atoms with Gasteiger partial charge in [0.1, 0.15) is 5.82 Å². The third-order valence-electron chi connectivity index (χ3n) is 2.30. The molecule has 0 fully saturated rings. The van der Waals surface area contributed by atoms with E-state index in [-0.39, 0.29) is 0 Å². The first-order valence-electron chi connectivity index (χ1n) is 4.80. The summed E-state index contributed by atoms with van der Waals surface area (Å²) >= 11 is 5.09. The minimum atomic E-state index is 0.888. The van der Waals surface area contributed by atoms with Gasteiger partial charge < -0.3 is 4.98 Å². The summed E-state index contributed by atoms with van der Waals surface area (Å²) in [5, 5.41) is 1.05. The van der Waals surface area contributed by atoms with Gasteiger partial charge in [-0.1, -0.05) is 15.9 Å². The summed E-state index contributed by atoms with van der Waals surface area (Å²) in [5.74, 6) is 0.888. The smallest absolute Gasteiger partial charge is 0.150 e. The molecule has 0 aliphatic rings. The van der Waals surface area contributed by atoms with E-state index in [4.69, 9.17) is 0 Å². The number of nitrogens with zero attached hydrogens (tertiary/aromatic N) is 2. The molecule has 2 heterocycles. The van der Waals surface area contributed by atoms with Crippen molar-refractivity contribution in [3.8, 4) is 10.7 Å². The predicted molar refractivity (Wildman–Crippen MR) is 69.6 cm³/mol. The fourth-order valence-corrected chi connectivity index (χ4v) is 2.65. The van der Waals surface area contributed by atoms with Crippen molar-refractivity contribution in [2.24, 2.45) is 0 Å². The van der Waals surface area contributed by atoms with E-state index in [9.17, 15) is 0 Å². The molecule has 0 aliphatic heterocycles. The molecular weight excluding hydrogens is 286 g/mol. The summed E-state index contributed by atoms with van der Waals surface area (Å²) in [5.41, 5.74) is 2.01. The molecule has 0 saturated heterocycles. The van der Waals surface area contributed by atoms with Gasteiger partial charge in [-0.15, -0.1) is 11.3 Å². The number of thiazole rings is 1. The molecule has 0 aliphatic carbocycles. The largest absolute Gasteiger partial charge is 0.337 e. The maximum Gasteiger partial charge on any atom is 0.150 e. The molecule has 0 saturated carbocycles. The van der Waals surface area contributed by atoms with E-state index < -0.39 is 0 Å². The Morgan fingerprint density at radius 1 is 1.38 bits per heavy atom. The summed E-state index contributed by atoms with van der Waals surface area (Å²) < 4.78 is 1.05. The van der Waals surface area contributed by atoms with Gasteiger partial charge in [-0.2, -0.15) is 0 Å². The monoisotopic (exact) mass is 293 g/mol. The van der Waals surface area contributed by atoms with Crippen LogP contribution in [0.5, 0.6) is 0 Å². The van der Waals surface area contributed by atoms with Gasteiger partial charge in [-0.3, -0.25) is 0 Å². The number of hydrogen-bond acceptors (Lipinski definition) is 3. The number of hydrogen-bond donors (Lipinski definition) is 1. The zero-order chi connectivity index (χ0) is 11.1. The normalized spacial score (nSPS) is 11.1. The molecule has 3 rings (SSSR count). The summed E-state index contributed by atoms with van der Waals surface area (Å²) in [4.78, 5) is 13.1. The lowest BCUT2D eigenvalue weighted by atomic mass is 10.3. The molecule has 1 N–H and O–H groups in total. The Labute approximate surface area is 105 Å². The number of H-pyrrole nitrogens is 1. The number of imidazole rings is 1. The number of fused-ring (bicyclic) bond motifs is 1. The number of benzene rings is 1. The van der Waals surface area contributed by atoms with Crippen LogP contribution in [0.1, 0.15) is 5.01 Å². The highest BCUT2D eigenvalue weighted by Crippen LogP contribution is 2.26. The molecule has 0 spiro atoms. The van der Waals surface area contributed by atoms with E-state index in [0.29, 0.717) is 0 Å². The van der Waals surface area contributed by atoms with Crippen LogP contribution in [0.15, 0.2) is 28.9 Å². The van der Waals surface area contributed by atoms with Gasteiger partial charge in [0, 0.05) is 10.7 Å². The fraction of sp³-hybridized carbons (Fsp3) is 0.0909. The quantitative estimate of drug-likeness (QED) is 0.742. The SMILES string of the molecule is Cc1ncc(-c2nc3ccc(Br)cc3[nH]2)s1. The summed E-state index contributed by atoms with van der Waals surface area (Å²) in [6.07, 6.45) is 1.85. The molecule has 0 unspecified atom stereocenters. The molecule has 0 atom stereocenters. The van der Waals surface area contributed by atoms with E-state index >= 15 is 0 Å². The number of aryl methyl sites for hydroxylation is 1. The molecule has 80 valence electrons. The maximum absolute atomic E-state index is 4.53. The van der Waals surface area contributed by atoms with Crippen molar-refractivity contribution in [3.63, 3.8) is 0 Å². The van der Waals surface area contributed by atoms with Gasteiger partial charge in [0.25, 0.3) is 0 Å². The lowest BCUT2D eigenvalue weighted by Crippen LogP contribution is -1.72. The Morgan fingerprint density at radius 3 is 3.00 bits per heavy atom. The molecule has 3 nitrogen and oxygen atoms in total. The van der Waals surface area contributed by atoms with Crippen molar-refractivity contribution in [2.75, 3.05) is 0 Å². The van der Waals surface area contributed by atoms with Crippen LogP contribution in [0, 0.1) is 6.92 Å². The molecule has 5 heteroatoms. The first-order chi connectivity index (χ1) is 7.72. The van der Waals surface area contributed by atoms with Crippen LogP contribution in [-0.2, 0) is 0 Å². The summed E-state index contributed by atoms with van der Waals surface area (Å²) in [7, 11) is 0. The number of nitrogens with one attached hydrogen (secondary N) is 1. The van der Waals surface area contributed by atoms with Gasteiger partial charge in [0.15, 0.2) is 0 Å². The zero-order valence-corrected chi connectivity index (χ0v) is 10.9. The topological polar surface area (TPSA) is 41.6 Å². The minimum absolute atomic E-state index is 0.888. The fourth-order valence-electron chi connectivity index (χ4n) is 1.57. The van der Waals surface area contributed by atoms with Crippen LogP contribution in [0.3, 0.4) is 0 Å². The van der Waals surface area contributed by atoms with Crippen LogP contribution < -0.4 is 0 Å². The standard InChI is InChI=1S/C11H8BrN3S/c1-6-13-5-10(16-6)11-14-8-3-2-7(12)4-9(8)15-11/h2-5H,1H3,(H,14,15). The van der Waals surface area contributed by atoms with Crippen molar-refractivity contribution in [3.05, 3.63) is 33.9 Å². The molecule has 0 bridgehead atoms. The highest BCUT2D eigenvalue weighted by molar-refractivity contribution is 9.10. The molecule has 0 amide bonds. The molecule has 16 heavy (non-hydrogen) atoms. The van der Waals surface area contributed by atoms with Crippen molar-refractivity contribution in [1.82, 2.24) is 15.0 Å². The van der Waals surface area contributed by atoms with E-state index in [0.717, 1.165) is 31.2 Å². The van der Waals surface area contributed by atoms with Crippen LogP contribution in [0.2, 0.25) is 0 Å². The van der Waals surface area contributed by atoms with E-state index in [2.05, 4.69) is 30.9 Å². The van der Waals surface area contributed by atoms with Crippen LogP contribution in [0.25, 0.3) is 21.7 Å². The van der Waals surface area contributed by atoms with Crippen LogP contribution >= 0.6 is 27.3 Å². The molecule has 1 aromatic carbocycles. The predicted octanol–water partition coefficient (Wildman–Crippen LogP) is 3.76. The maximum atomic E-state index is 4.53. The first-order valence-corrected chi connectivity index (χ1v) is 6.41. The van der Waals surface area contributed by atoms with Gasteiger partial charge in [0.2, 0.25) is 0 Å². The van der Waals surface area contributed by atoms with Crippen molar-refractivity contribution in [1.29, 1.82) is 0 Å². The van der Waals surface area contributed by atoms with E-state index in [1.807, 2.05) is 31.3 Å². The van der Waals surface area contributed by atoms with Crippen LogP contribution in [-0.4, -0.2) is 15.0 Å². The minimum Gasteiger partial charge on any atom is -0.337 e. The molecule has 3 aromatic rings. The summed E-state index contributed by atoms with van der Waals surface area (Å²) in [6, 6.07) is 6.01. The Hall–Kier alpha value is -1.20. The van der Waals surface area contributed by atoms with Gasteiger partial charge >= 0.3 is 0 Å². The Kier molecular flexibility index (Phi) is 2.29. The number of halogens is 1. The van der Waals surface area contributed by atoms with Crippen molar-refractivity contribution in [2.45, 2.75) is 6.92 Å². The van der Waals surface area contributed by atoms with Gasteiger partial charge in [0.05, 0.1) is 20.9 Å². The third kappa shape index (κ3) is 1.66. The molecule has 0 radical (unpaired) electrons. The average molecular weight is 294 g/mol. The second kappa shape index (κ2) is 3.68. The highest BCUT2D eigenvalue weighted by atomic mass is 79.9. The Morgan fingerprint density at radius 2 is 2.25 bits per heavy atom. The summed E-state index contributed by atoms with van der Waals surface area (Å²) in [6.45, 7) is 1.99. The Balaban J connectivity index is 2.18. The van der Waals surface area contributed by atoms with E-state index in [1.54, 1.807) is 11.3 Å². The number of rotatable bonds is 1. The molecule has 2 aromatic heterocycles. The lowest BCUT2D eigenvalue weighted by Gasteiger charge is -1.87. The molecular formula is C11H8BrN3S. The highest BCUT2D eigenvalue weighted by Gasteiger charge is 2.07. The Bertz CT molecular complexity index is 656. The van der Waals surface area contributed by atoms with Crippen molar-refractivity contribution >= 4 is 38.3 Å². The lowest BCUT2D eigenvalue weighted by molar-refractivity contribution is 1.28. The van der Waals surface area contributed by atoms with Crippen LogP contribution in [0.4, 0.5) is 0 Å². The van der Waals surface area contributed by atoms with Gasteiger partial charge in [-0.25, -0.2) is 9.97 Å². The van der Waals surface area contributed by atoms with Gasteiger partial charge in [-0.05, 0) is 25.1 Å². The zero-order valence-electron chi connectivity index (χ0n) is 8.49. The average Bonchev–Trinajstić information content (AvgIpc) is 2.83. The second-order valence-corrected chi connectivity index (χ2v) is 5.64. The van der Waals surface area contributed by atoms with Crippen molar-refractivity contribution < 1.29 is 0 Å². The first kappa shape index (κ1) is 9.99. The second-order valence-electron chi connectivity index (χ2n) is 3.49. The van der Waals surface area contributed by atoms with E-state index in [1.165, 1.54) is 0 Å². The number of aromatic amines is 1. The number of aromatic nitrogens is 3.